The van der Waals surface area contributed by atoms with E-state index >= 15 is 0 Å². The second kappa shape index (κ2) is 11.8. The van der Waals surface area contributed by atoms with Gasteiger partial charge in [-0.1, -0.05) is 57.9 Å². The van der Waals surface area contributed by atoms with Crippen LogP contribution in [0.15, 0.2) is 66.9 Å². The van der Waals surface area contributed by atoms with Crippen LogP contribution in [0.4, 0.5) is 24.7 Å². The molecule has 0 spiro atoms. The van der Waals surface area contributed by atoms with Gasteiger partial charge in [0.1, 0.15) is 5.82 Å². The first kappa shape index (κ1) is 28.5. The molecule has 3 aromatic rings. The summed E-state index contributed by atoms with van der Waals surface area (Å²) in [5.41, 5.74) is 4.01. The van der Waals surface area contributed by atoms with Crippen molar-refractivity contribution in [3.8, 4) is 11.1 Å². The van der Waals surface area contributed by atoms with Crippen molar-refractivity contribution in [1.29, 1.82) is 0 Å². The van der Waals surface area contributed by atoms with Crippen LogP contribution in [0.2, 0.25) is 0 Å². The van der Waals surface area contributed by atoms with Crippen LogP contribution in [-0.2, 0) is 11.6 Å². The van der Waals surface area contributed by atoms with Crippen LogP contribution in [0.1, 0.15) is 70.4 Å². The van der Waals surface area contributed by atoms with Crippen LogP contribution in [-0.4, -0.2) is 36.2 Å². The molecule has 0 radical (unpaired) electrons. The lowest BCUT2D eigenvalue weighted by Gasteiger charge is -2.40. The molecule has 1 aliphatic carbocycles. The number of nitrogens with one attached hydrogen (secondary N) is 2. The topological polar surface area (TPSA) is 40.2 Å². The Morgan fingerprint density at radius 2 is 1.52 bits per heavy atom. The number of halogens is 3. The standard InChI is InChI=1S/C33H41F3N4/c1-32(2,3)26-9-6-8-23(20-26)24-17-18-37-31(21-24)39-30-12-5-4-11-29(30)38-27-10-7-19-40(22-27)28-15-13-25(14-16-28)33(34,35)36/h6,8-9,13-18,20-21,27,29-30,38H,4-5,7,10-12,19,22H2,1-3H3,(H,37,39)/t27-,29+,30+/m0/s1. The highest BCUT2D eigenvalue weighted by atomic mass is 19.4. The fourth-order valence-electron chi connectivity index (χ4n) is 6.06. The Labute approximate surface area is 236 Å². The Kier molecular flexibility index (Phi) is 8.41. The van der Waals surface area contributed by atoms with Gasteiger partial charge in [-0.3, -0.25) is 0 Å². The summed E-state index contributed by atoms with van der Waals surface area (Å²) < 4.78 is 39.0. The summed E-state index contributed by atoms with van der Waals surface area (Å²) in [4.78, 5) is 6.87. The number of hydrogen-bond donors (Lipinski definition) is 2. The predicted molar refractivity (Wildman–Crippen MR) is 158 cm³/mol. The van der Waals surface area contributed by atoms with Gasteiger partial charge in [0.05, 0.1) is 5.56 Å². The third-order valence-corrected chi connectivity index (χ3v) is 8.35. The molecule has 0 unspecified atom stereocenters. The zero-order chi connectivity index (χ0) is 28.3. The molecule has 2 fully saturated rings. The fraction of sp³-hybridized carbons (Fsp3) is 0.485. The zero-order valence-corrected chi connectivity index (χ0v) is 23.8. The molecular formula is C33H41F3N4. The van der Waals surface area contributed by atoms with Crippen LogP contribution in [0.3, 0.4) is 0 Å². The Bertz CT molecular complexity index is 1270. The number of hydrogen-bond acceptors (Lipinski definition) is 4. The van der Waals surface area contributed by atoms with Crippen LogP contribution >= 0.6 is 0 Å². The molecule has 1 saturated heterocycles. The minimum absolute atomic E-state index is 0.0896. The van der Waals surface area contributed by atoms with Crippen molar-refractivity contribution in [2.75, 3.05) is 23.3 Å². The molecule has 2 aromatic carbocycles. The summed E-state index contributed by atoms with van der Waals surface area (Å²) in [6, 6.07) is 19.4. The van der Waals surface area contributed by atoms with E-state index in [9.17, 15) is 13.2 Å². The molecule has 7 heteroatoms. The minimum atomic E-state index is -4.31. The van der Waals surface area contributed by atoms with Crippen molar-refractivity contribution >= 4 is 11.5 Å². The Hall–Kier alpha value is -3.06. The van der Waals surface area contributed by atoms with E-state index in [4.69, 9.17) is 0 Å². The number of alkyl halides is 3. The van der Waals surface area contributed by atoms with Crippen molar-refractivity contribution in [3.05, 3.63) is 78.0 Å². The molecule has 214 valence electrons. The molecule has 1 saturated carbocycles. The van der Waals surface area contributed by atoms with Gasteiger partial charge >= 0.3 is 6.18 Å². The van der Waals surface area contributed by atoms with Crippen molar-refractivity contribution in [2.24, 2.45) is 0 Å². The summed E-state index contributed by atoms with van der Waals surface area (Å²) in [6.07, 6.45) is 4.22. The number of benzene rings is 2. The first-order chi connectivity index (χ1) is 19.1. The van der Waals surface area contributed by atoms with E-state index in [1.54, 1.807) is 12.1 Å². The number of piperidine rings is 1. The molecular weight excluding hydrogens is 509 g/mol. The molecule has 3 atom stereocenters. The van der Waals surface area contributed by atoms with Crippen LogP contribution < -0.4 is 15.5 Å². The van der Waals surface area contributed by atoms with Gasteiger partial charge in [0, 0.05) is 43.1 Å². The Morgan fingerprint density at radius 1 is 0.800 bits per heavy atom. The van der Waals surface area contributed by atoms with Gasteiger partial charge in [-0.05, 0) is 84.2 Å². The molecule has 0 amide bonds. The maximum absolute atomic E-state index is 13.0. The second-order valence-electron chi connectivity index (χ2n) is 12.4. The number of anilines is 2. The van der Waals surface area contributed by atoms with Crippen LogP contribution in [0.5, 0.6) is 0 Å². The maximum atomic E-state index is 13.0. The van der Waals surface area contributed by atoms with E-state index in [2.05, 4.69) is 77.7 Å². The molecule has 2 heterocycles. The summed E-state index contributed by atoms with van der Waals surface area (Å²) in [7, 11) is 0. The van der Waals surface area contributed by atoms with E-state index < -0.39 is 11.7 Å². The van der Waals surface area contributed by atoms with E-state index in [0.29, 0.717) is 12.1 Å². The first-order valence-corrected chi connectivity index (χ1v) is 14.6. The van der Waals surface area contributed by atoms with Gasteiger partial charge in [-0.25, -0.2) is 4.98 Å². The number of pyridine rings is 1. The highest BCUT2D eigenvalue weighted by Crippen LogP contribution is 2.32. The smallest absolute Gasteiger partial charge is 0.370 e. The Balaban J connectivity index is 1.24. The average Bonchev–Trinajstić information content (AvgIpc) is 2.94. The van der Waals surface area contributed by atoms with Crippen molar-refractivity contribution in [3.63, 3.8) is 0 Å². The number of nitrogens with zero attached hydrogens (tertiary/aromatic N) is 2. The summed E-state index contributed by atoms with van der Waals surface area (Å²) >= 11 is 0. The minimum Gasteiger partial charge on any atom is -0.370 e. The third kappa shape index (κ3) is 6.98. The summed E-state index contributed by atoms with van der Waals surface area (Å²) in [5, 5.41) is 7.67. The molecule has 2 N–H and O–H groups in total. The SMILES string of the molecule is CC(C)(C)c1cccc(-c2ccnc(N[C@@H]3CCCC[C@H]3N[C@H]3CCCN(c4ccc(C(F)(F)F)cc4)C3)c2)c1. The van der Waals surface area contributed by atoms with Crippen molar-refractivity contribution in [1.82, 2.24) is 10.3 Å². The molecule has 2 aliphatic rings. The highest BCUT2D eigenvalue weighted by Gasteiger charge is 2.32. The quantitative estimate of drug-likeness (QED) is 0.326. The molecule has 0 bridgehead atoms. The van der Waals surface area contributed by atoms with Gasteiger partial charge in [-0.2, -0.15) is 13.2 Å². The van der Waals surface area contributed by atoms with Gasteiger partial charge in [0.2, 0.25) is 0 Å². The van der Waals surface area contributed by atoms with Gasteiger partial charge in [0.25, 0.3) is 0 Å². The molecule has 1 aliphatic heterocycles. The lowest BCUT2D eigenvalue weighted by Crippen LogP contribution is -2.55. The monoisotopic (exact) mass is 550 g/mol. The molecule has 1 aromatic heterocycles. The van der Waals surface area contributed by atoms with Gasteiger partial charge < -0.3 is 15.5 Å². The predicted octanol–water partition coefficient (Wildman–Crippen LogP) is 8.05. The normalized spacial score (nSPS) is 22.2. The maximum Gasteiger partial charge on any atom is 0.416 e. The zero-order valence-electron chi connectivity index (χ0n) is 23.8. The Morgan fingerprint density at radius 3 is 2.25 bits per heavy atom. The molecule has 40 heavy (non-hydrogen) atoms. The summed E-state index contributed by atoms with van der Waals surface area (Å²) in [5.74, 6) is 0.896. The van der Waals surface area contributed by atoms with Gasteiger partial charge in [0.15, 0.2) is 0 Å². The molecule has 4 nitrogen and oxygen atoms in total. The van der Waals surface area contributed by atoms with E-state index in [-0.39, 0.29) is 11.5 Å². The van der Waals surface area contributed by atoms with E-state index in [1.165, 1.54) is 36.1 Å². The lowest BCUT2D eigenvalue weighted by atomic mass is 9.85. The van der Waals surface area contributed by atoms with E-state index in [0.717, 1.165) is 55.8 Å². The van der Waals surface area contributed by atoms with Crippen molar-refractivity contribution < 1.29 is 13.2 Å². The molecule has 5 rings (SSSR count). The second-order valence-corrected chi connectivity index (χ2v) is 12.4. The van der Waals surface area contributed by atoms with Crippen LogP contribution in [0, 0.1) is 0 Å². The van der Waals surface area contributed by atoms with Crippen LogP contribution in [0.25, 0.3) is 11.1 Å². The van der Waals surface area contributed by atoms with Crippen molar-refractivity contribution in [2.45, 2.75) is 89.0 Å². The van der Waals surface area contributed by atoms with Gasteiger partial charge in [-0.15, -0.1) is 0 Å². The highest BCUT2D eigenvalue weighted by molar-refractivity contribution is 5.67. The summed E-state index contributed by atoms with van der Waals surface area (Å²) in [6.45, 7) is 8.36. The number of rotatable bonds is 6. The first-order valence-electron chi connectivity index (χ1n) is 14.6. The lowest BCUT2D eigenvalue weighted by molar-refractivity contribution is -0.137. The number of aromatic nitrogens is 1. The fourth-order valence-corrected chi connectivity index (χ4v) is 6.06. The largest absolute Gasteiger partial charge is 0.416 e. The third-order valence-electron chi connectivity index (χ3n) is 8.35. The average molecular weight is 551 g/mol. The van der Waals surface area contributed by atoms with E-state index in [1.807, 2.05) is 6.20 Å².